The molecule has 0 unspecified atom stereocenters. The van der Waals surface area contributed by atoms with Gasteiger partial charge in [0, 0.05) is 6.04 Å². The fourth-order valence-corrected chi connectivity index (χ4v) is 0.322. The number of aliphatic carboxylic acids is 1. The van der Waals surface area contributed by atoms with Gasteiger partial charge >= 0.3 is 12.1 Å². The molecule has 0 bridgehead atoms. The van der Waals surface area contributed by atoms with Crippen LogP contribution < -0.4 is 5.73 Å². The van der Waals surface area contributed by atoms with Crippen molar-refractivity contribution in [3.8, 4) is 0 Å². The molecule has 0 fully saturated rings. The van der Waals surface area contributed by atoms with Crippen LogP contribution in [0.25, 0.3) is 0 Å². The standard InChI is InChI=1S/C6H15NO.C2HF3O2/c1-4-6(3,8)5(2)7;3-2(4,5)1(6)7/h5,8H,4,7H2,1-3H3;(H,6,7)/t5-,6-;/m0./s1. The van der Waals surface area contributed by atoms with E-state index in [0.717, 1.165) is 0 Å². The molecule has 0 radical (unpaired) electrons. The quantitative estimate of drug-likeness (QED) is 0.665. The Hall–Kier alpha value is -0.820. The highest BCUT2D eigenvalue weighted by Gasteiger charge is 2.38. The minimum Gasteiger partial charge on any atom is -0.475 e. The second kappa shape index (κ2) is 5.92. The molecule has 4 N–H and O–H groups in total. The second-order valence-corrected chi connectivity index (χ2v) is 3.30. The van der Waals surface area contributed by atoms with Gasteiger partial charge in [-0.25, -0.2) is 4.79 Å². The summed E-state index contributed by atoms with van der Waals surface area (Å²) in [6, 6.07) is -0.132. The van der Waals surface area contributed by atoms with Crippen molar-refractivity contribution in [2.24, 2.45) is 5.73 Å². The van der Waals surface area contributed by atoms with E-state index in [0.29, 0.717) is 6.42 Å². The number of hydrogen-bond acceptors (Lipinski definition) is 3. The molecule has 2 atom stereocenters. The van der Waals surface area contributed by atoms with Gasteiger partial charge < -0.3 is 15.9 Å². The number of hydrogen-bond donors (Lipinski definition) is 3. The number of rotatable bonds is 2. The van der Waals surface area contributed by atoms with Crippen LogP contribution in [0.3, 0.4) is 0 Å². The van der Waals surface area contributed by atoms with E-state index < -0.39 is 17.7 Å². The third-order valence-electron chi connectivity index (χ3n) is 1.94. The number of carboxylic acid groups (broad SMARTS) is 1. The first-order chi connectivity index (χ1) is 6.45. The Bertz CT molecular complexity index is 202. The van der Waals surface area contributed by atoms with Gasteiger partial charge in [-0.05, 0) is 20.3 Å². The topological polar surface area (TPSA) is 83.5 Å². The molecule has 0 saturated carbocycles. The van der Waals surface area contributed by atoms with Gasteiger partial charge in [-0.15, -0.1) is 0 Å². The molecule has 0 aromatic heterocycles. The average Bonchev–Trinajstić information content (AvgIpc) is 2.03. The Morgan fingerprint density at radius 1 is 1.47 bits per heavy atom. The average molecular weight is 231 g/mol. The van der Waals surface area contributed by atoms with E-state index in [1.54, 1.807) is 6.92 Å². The van der Waals surface area contributed by atoms with Crippen molar-refractivity contribution in [3.63, 3.8) is 0 Å². The van der Waals surface area contributed by atoms with Crippen LogP contribution in [0.4, 0.5) is 13.2 Å². The molecule has 4 nitrogen and oxygen atoms in total. The lowest BCUT2D eigenvalue weighted by molar-refractivity contribution is -0.192. The highest BCUT2D eigenvalue weighted by atomic mass is 19.4. The summed E-state index contributed by atoms with van der Waals surface area (Å²) in [6.07, 6.45) is -4.37. The summed E-state index contributed by atoms with van der Waals surface area (Å²) in [5.41, 5.74) is 4.75. The number of alkyl halides is 3. The molecule has 0 saturated heterocycles. The molecule has 7 heteroatoms. The summed E-state index contributed by atoms with van der Waals surface area (Å²) in [5.74, 6) is -2.76. The summed E-state index contributed by atoms with van der Waals surface area (Å²) < 4.78 is 31.7. The van der Waals surface area contributed by atoms with Gasteiger partial charge in [0.2, 0.25) is 0 Å². The summed E-state index contributed by atoms with van der Waals surface area (Å²) in [5, 5.41) is 16.4. The van der Waals surface area contributed by atoms with Crippen molar-refractivity contribution < 1.29 is 28.2 Å². The highest BCUT2D eigenvalue weighted by Crippen LogP contribution is 2.13. The SMILES string of the molecule is CC[C@](C)(O)[C@H](C)N.O=C(O)C(F)(F)F. The zero-order chi connectivity index (χ0) is 12.9. The molecule has 92 valence electrons. The lowest BCUT2D eigenvalue weighted by atomic mass is 9.96. The third kappa shape index (κ3) is 8.19. The van der Waals surface area contributed by atoms with Gasteiger partial charge in [-0.3, -0.25) is 0 Å². The monoisotopic (exact) mass is 231 g/mol. The van der Waals surface area contributed by atoms with Crippen molar-refractivity contribution in [1.29, 1.82) is 0 Å². The predicted molar refractivity (Wildman–Crippen MR) is 48.3 cm³/mol. The van der Waals surface area contributed by atoms with Crippen LogP contribution in [0.15, 0.2) is 0 Å². The first-order valence-corrected chi connectivity index (χ1v) is 4.23. The Labute approximate surface area is 85.9 Å². The summed E-state index contributed by atoms with van der Waals surface area (Å²) >= 11 is 0. The normalized spacial score (nSPS) is 17.1. The number of carbonyl (C=O) groups is 1. The molecule has 0 aliphatic rings. The predicted octanol–water partition coefficient (Wildman–Crippen LogP) is 1.13. The van der Waals surface area contributed by atoms with E-state index in [9.17, 15) is 18.3 Å². The van der Waals surface area contributed by atoms with E-state index in [1.165, 1.54) is 0 Å². The zero-order valence-electron chi connectivity index (χ0n) is 8.80. The number of carboxylic acids is 1. The molecular formula is C8H16F3NO3. The molecule has 0 spiro atoms. The van der Waals surface area contributed by atoms with Crippen LogP contribution in [-0.4, -0.2) is 34.0 Å². The van der Waals surface area contributed by atoms with Crippen molar-refractivity contribution in [3.05, 3.63) is 0 Å². The molecule has 0 aromatic carbocycles. The lowest BCUT2D eigenvalue weighted by Crippen LogP contribution is -2.42. The van der Waals surface area contributed by atoms with Crippen LogP contribution in [0.1, 0.15) is 27.2 Å². The molecule has 0 aliphatic heterocycles. The van der Waals surface area contributed by atoms with Gasteiger partial charge in [0.1, 0.15) is 0 Å². The molecule has 0 amide bonds. The highest BCUT2D eigenvalue weighted by molar-refractivity contribution is 5.73. The molecule has 15 heavy (non-hydrogen) atoms. The van der Waals surface area contributed by atoms with E-state index in [1.807, 2.05) is 13.8 Å². The van der Waals surface area contributed by atoms with Gasteiger partial charge in [0.25, 0.3) is 0 Å². The Balaban J connectivity index is 0. The number of halogens is 3. The van der Waals surface area contributed by atoms with Crippen LogP contribution in [0.2, 0.25) is 0 Å². The Morgan fingerprint density at radius 3 is 1.73 bits per heavy atom. The van der Waals surface area contributed by atoms with Crippen LogP contribution in [0, 0.1) is 0 Å². The van der Waals surface area contributed by atoms with Crippen molar-refractivity contribution >= 4 is 5.97 Å². The Morgan fingerprint density at radius 2 is 1.73 bits per heavy atom. The summed E-state index contributed by atoms with van der Waals surface area (Å²) in [4.78, 5) is 8.90. The minimum atomic E-state index is -5.08. The zero-order valence-corrected chi connectivity index (χ0v) is 8.80. The van der Waals surface area contributed by atoms with Crippen molar-refractivity contribution in [2.45, 2.75) is 45.0 Å². The fourth-order valence-electron chi connectivity index (χ4n) is 0.322. The molecular weight excluding hydrogens is 215 g/mol. The van der Waals surface area contributed by atoms with Gasteiger partial charge in [0.05, 0.1) is 5.60 Å². The smallest absolute Gasteiger partial charge is 0.475 e. The maximum Gasteiger partial charge on any atom is 0.490 e. The van der Waals surface area contributed by atoms with Gasteiger partial charge in [0.15, 0.2) is 0 Å². The summed E-state index contributed by atoms with van der Waals surface area (Å²) in [6.45, 7) is 5.48. The van der Waals surface area contributed by atoms with Crippen LogP contribution in [-0.2, 0) is 4.79 Å². The van der Waals surface area contributed by atoms with Crippen molar-refractivity contribution in [1.82, 2.24) is 0 Å². The van der Waals surface area contributed by atoms with Crippen LogP contribution in [0.5, 0.6) is 0 Å². The number of nitrogens with two attached hydrogens (primary N) is 1. The maximum atomic E-state index is 10.6. The molecule has 0 aromatic rings. The van der Waals surface area contributed by atoms with E-state index in [2.05, 4.69) is 0 Å². The molecule has 0 rings (SSSR count). The summed E-state index contributed by atoms with van der Waals surface area (Å²) in [7, 11) is 0. The first-order valence-electron chi connectivity index (χ1n) is 4.23. The van der Waals surface area contributed by atoms with E-state index in [-0.39, 0.29) is 6.04 Å². The van der Waals surface area contributed by atoms with Gasteiger partial charge in [-0.2, -0.15) is 13.2 Å². The number of aliphatic hydroxyl groups is 1. The van der Waals surface area contributed by atoms with E-state index in [4.69, 9.17) is 15.6 Å². The maximum absolute atomic E-state index is 10.6. The minimum absolute atomic E-state index is 0.132. The van der Waals surface area contributed by atoms with Gasteiger partial charge in [-0.1, -0.05) is 6.92 Å². The van der Waals surface area contributed by atoms with Crippen molar-refractivity contribution in [2.75, 3.05) is 0 Å². The molecule has 0 heterocycles. The second-order valence-electron chi connectivity index (χ2n) is 3.30. The molecule has 0 aliphatic carbocycles. The first kappa shape index (κ1) is 16.6. The van der Waals surface area contributed by atoms with E-state index >= 15 is 0 Å². The largest absolute Gasteiger partial charge is 0.490 e. The third-order valence-corrected chi connectivity index (χ3v) is 1.94. The Kier molecular flexibility index (Phi) is 6.55. The van der Waals surface area contributed by atoms with Crippen LogP contribution >= 0.6 is 0 Å². The fraction of sp³-hybridized carbons (Fsp3) is 0.875. The lowest BCUT2D eigenvalue weighted by Gasteiger charge is -2.25.